The first-order valence-electron chi connectivity index (χ1n) is 15.4. The highest BCUT2D eigenvalue weighted by Crippen LogP contribution is 2.32. The first-order chi connectivity index (χ1) is 20.9. The summed E-state index contributed by atoms with van der Waals surface area (Å²) in [5.41, 5.74) is 5.62. The lowest BCUT2D eigenvalue weighted by atomic mass is 9.85. The van der Waals surface area contributed by atoms with Crippen molar-refractivity contribution in [3.63, 3.8) is 0 Å². The van der Waals surface area contributed by atoms with Crippen LogP contribution in [0.2, 0.25) is 0 Å². The molecule has 232 valence electrons. The van der Waals surface area contributed by atoms with Gasteiger partial charge in [0.25, 0.3) is 5.91 Å². The molecular formula is C35H42N4O4S. The van der Waals surface area contributed by atoms with E-state index in [1.807, 2.05) is 89.5 Å². The predicted molar refractivity (Wildman–Crippen MR) is 172 cm³/mol. The van der Waals surface area contributed by atoms with Gasteiger partial charge in [0, 0.05) is 30.5 Å². The normalized spacial score (nSPS) is 18.0. The van der Waals surface area contributed by atoms with Gasteiger partial charge in [-0.2, -0.15) is 0 Å². The van der Waals surface area contributed by atoms with Crippen molar-refractivity contribution in [3.05, 3.63) is 76.4 Å². The number of rotatable bonds is 9. The van der Waals surface area contributed by atoms with Crippen LogP contribution in [0, 0.1) is 18.3 Å². The molecule has 1 fully saturated rings. The molecule has 0 aliphatic carbocycles. The summed E-state index contributed by atoms with van der Waals surface area (Å²) in [7, 11) is 0. The molecule has 2 aliphatic rings. The standard InChI is InChI=1S/C35H42N4O4S/c1-21(2)30(39-19-25-10-7-8-11-26(25)33(39)42)34(43)38-17-9-12-28(38)32(41)37-27(18-29(40)35(4,5)6)23-13-15-24(16-14-23)31-22(3)36-20-44-31/h7-8,10-11,13-16,20-21,27-28,30H,9,12,17-19H2,1-6H3,(H,37,41)/t27?,28-,30-/m0/s1. The van der Waals surface area contributed by atoms with Gasteiger partial charge in [0.2, 0.25) is 11.8 Å². The van der Waals surface area contributed by atoms with Crippen molar-refractivity contribution in [1.82, 2.24) is 20.1 Å². The maximum Gasteiger partial charge on any atom is 0.255 e. The maximum atomic E-state index is 14.1. The van der Waals surface area contributed by atoms with E-state index in [-0.39, 0.29) is 35.8 Å². The topological polar surface area (TPSA) is 99.7 Å². The van der Waals surface area contributed by atoms with E-state index in [0.717, 1.165) is 27.3 Å². The molecular weight excluding hydrogens is 572 g/mol. The van der Waals surface area contributed by atoms with Gasteiger partial charge in [-0.15, -0.1) is 11.3 Å². The van der Waals surface area contributed by atoms with Crippen molar-refractivity contribution in [2.45, 2.75) is 85.5 Å². The summed E-state index contributed by atoms with van der Waals surface area (Å²) in [6.07, 6.45) is 1.36. The molecule has 0 spiro atoms. The molecule has 3 amide bonds. The Balaban J connectivity index is 1.36. The van der Waals surface area contributed by atoms with Gasteiger partial charge in [0.1, 0.15) is 17.9 Å². The van der Waals surface area contributed by atoms with Crippen molar-refractivity contribution in [2.75, 3.05) is 6.54 Å². The first-order valence-corrected chi connectivity index (χ1v) is 16.3. The third-order valence-electron chi connectivity index (χ3n) is 8.77. The van der Waals surface area contributed by atoms with Gasteiger partial charge in [0.05, 0.1) is 22.1 Å². The number of ketones is 1. The molecule has 1 saturated heterocycles. The summed E-state index contributed by atoms with van der Waals surface area (Å²) in [4.78, 5) is 63.3. The van der Waals surface area contributed by atoms with E-state index in [1.165, 1.54) is 0 Å². The van der Waals surface area contributed by atoms with Crippen LogP contribution in [-0.2, 0) is 20.9 Å². The number of aryl methyl sites for hydroxylation is 1. The van der Waals surface area contributed by atoms with Gasteiger partial charge in [0.15, 0.2) is 0 Å². The molecule has 8 nitrogen and oxygen atoms in total. The quantitative estimate of drug-likeness (QED) is 0.321. The van der Waals surface area contributed by atoms with Crippen LogP contribution in [0.1, 0.15) is 87.1 Å². The highest BCUT2D eigenvalue weighted by atomic mass is 32.1. The lowest BCUT2D eigenvalue weighted by Crippen LogP contribution is -2.55. The fraction of sp³-hybridized carbons (Fsp3) is 0.457. The Kier molecular flexibility index (Phi) is 9.07. The maximum absolute atomic E-state index is 14.1. The molecule has 9 heteroatoms. The van der Waals surface area contributed by atoms with Crippen LogP contribution in [0.3, 0.4) is 0 Å². The van der Waals surface area contributed by atoms with Crippen molar-refractivity contribution < 1.29 is 19.2 Å². The molecule has 0 bridgehead atoms. The second-order valence-corrected chi connectivity index (χ2v) is 14.2. The van der Waals surface area contributed by atoms with Crippen LogP contribution in [0.25, 0.3) is 10.4 Å². The monoisotopic (exact) mass is 614 g/mol. The number of benzene rings is 2. The number of fused-ring (bicyclic) bond motifs is 1. The van der Waals surface area contributed by atoms with E-state index >= 15 is 0 Å². The Bertz CT molecular complexity index is 1560. The molecule has 2 aliphatic heterocycles. The van der Waals surface area contributed by atoms with Crippen molar-refractivity contribution in [2.24, 2.45) is 11.3 Å². The minimum absolute atomic E-state index is 0.0384. The van der Waals surface area contributed by atoms with Crippen molar-refractivity contribution >= 4 is 34.8 Å². The fourth-order valence-electron chi connectivity index (χ4n) is 6.21. The lowest BCUT2D eigenvalue weighted by molar-refractivity contribution is -0.143. The second-order valence-electron chi connectivity index (χ2n) is 13.3. The number of nitrogens with zero attached hydrogens (tertiary/aromatic N) is 3. The van der Waals surface area contributed by atoms with Gasteiger partial charge in [-0.25, -0.2) is 4.98 Å². The molecule has 0 saturated carbocycles. The number of carbonyl (C=O) groups excluding carboxylic acids is 4. The molecule has 1 unspecified atom stereocenters. The largest absolute Gasteiger partial charge is 0.347 e. The molecule has 1 N–H and O–H groups in total. The third kappa shape index (κ3) is 6.34. The summed E-state index contributed by atoms with van der Waals surface area (Å²) in [6, 6.07) is 13.5. The average molecular weight is 615 g/mol. The number of thiazole rings is 1. The zero-order valence-corrected chi connectivity index (χ0v) is 27.2. The molecule has 44 heavy (non-hydrogen) atoms. The van der Waals surface area contributed by atoms with Gasteiger partial charge in [-0.1, -0.05) is 77.1 Å². The third-order valence-corrected chi connectivity index (χ3v) is 9.75. The lowest BCUT2D eigenvalue weighted by Gasteiger charge is -2.35. The summed E-state index contributed by atoms with van der Waals surface area (Å²) in [5, 5.41) is 3.15. The summed E-state index contributed by atoms with van der Waals surface area (Å²) in [6.45, 7) is 12.3. The number of carbonyl (C=O) groups is 4. The molecule has 5 rings (SSSR count). The van der Waals surface area contributed by atoms with Gasteiger partial charge >= 0.3 is 0 Å². The Morgan fingerprint density at radius 1 is 1.07 bits per heavy atom. The summed E-state index contributed by atoms with van der Waals surface area (Å²) in [5.74, 6) is -0.723. The Morgan fingerprint density at radius 3 is 2.39 bits per heavy atom. The summed E-state index contributed by atoms with van der Waals surface area (Å²) >= 11 is 1.57. The van der Waals surface area contributed by atoms with Crippen LogP contribution in [-0.4, -0.2) is 56.9 Å². The Labute approximate surface area is 263 Å². The van der Waals surface area contributed by atoms with E-state index in [4.69, 9.17) is 0 Å². The minimum Gasteiger partial charge on any atom is -0.347 e. The number of likely N-dealkylation sites (tertiary alicyclic amines) is 1. The zero-order chi connectivity index (χ0) is 31.8. The number of Topliss-reactive ketones (excluding diaryl/α,β-unsaturated/α-hetero) is 1. The van der Waals surface area contributed by atoms with Crippen LogP contribution >= 0.6 is 11.3 Å². The number of nitrogens with one attached hydrogen (secondary N) is 1. The fourth-order valence-corrected chi connectivity index (χ4v) is 7.02. The molecule has 3 heterocycles. The predicted octanol–water partition coefficient (Wildman–Crippen LogP) is 5.95. The zero-order valence-electron chi connectivity index (χ0n) is 26.4. The van der Waals surface area contributed by atoms with Crippen LogP contribution in [0.5, 0.6) is 0 Å². The van der Waals surface area contributed by atoms with E-state index in [2.05, 4.69) is 10.3 Å². The number of hydrogen-bond acceptors (Lipinski definition) is 6. The van der Waals surface area contributed by atoms with Crippen molar-refractivity contribution in [1.29, 1.82) is 0 Å². The molecule has 3 atom stereocenters. The number of hydrogen-bond donors (Lipinski definition) is 1. The van der Waals surface area contributed by atoms with Gasteiger partial charge in [-0.05, 0) is 48.4 Å². The van der Waals surface area contributed by atoms with E-state index < -0.39 is 23.5 Å². The summed E-state index contributed by atoms with van der Waals surface area (Å²) < 4.78 is 0. The van der Waals surface area contributed by atoms with Crippen LogP contribution in [0.4, 0.5) is 0 Å². The number of aromatic nitrogens is 1. The average Bonchev–Trinajstić information content (AvgIpc) is 3.72. The molecule has 0 radical (unpaired) electrons. The molecule has 3 aromatic rings. The van der Waals surface area contributed by atoms with E-state index in [9.17, 15) is 19.2 Å². The highest BCUT2D eigenvalue weighted by Gasteiger charge is 2.44. The number of amides is 3. The highest BCUT2D eigenvalue weighted by molar-refractivity contribution is 7.13. The second kappa shape index (κ2) is 12.6. The minimum atomic E-state index is -0.677. The van der Waals surface area contributed by atoms with Crippen molar-refractivity contribution in [3.8, 4) is 10.4 Å². The van der Waals surface area contributed by atoms with E-state index in [0.29, 0.717) is 31.5 Å². The SMILES string of the molecule is Cc1ncsc1-c1ccc(C(CC(=O)C(C)(C)C)NC(=O)[C@@H]2CCCN2C(=O)[C@H](C(C)C)N2Cc3ccccc3C2=O)cc1. The Morgan fingerprint density at radius 2 is 1.77 bits per heavy atom. The Hall–Kier alpha value is -3.85. The van der Waals surface area contributed by atoms with Gasteiger partial charge in [-0.3, -0.25) is 19.2 Å². The van der Waals surface area contributed by atoms with Crippen LogP contribution in [0.15, 0.2) is 54.0 Å². The van der Waals surface area contributed by atoms with Gasteiger partial charge < -0.3 is 15.1 Å². The molecule has 1 aromatic heterocycles. The molecule has 2 aromatic carbocycles. The first kappa shape index (κ1) is 31.6. The van der Waals surface area contributed by atoms with E-state index in [1.54, 1.807) is 27.2 Å². The smallest absolute Gasteiger partial charge is 0.255 e. The van der Waals surface area contributed by atoms with Crippen LogP contribution < -0.4 is 5.32 Å².